The number of phenols is 1. The monoisotopic (exact) mass is 207 g/mol. The maximum absolute atomic E-state index is 9.16. The van der Waals surface area contributed by atoms with Crippen molar-refractivity contribution in [2.75, 3.05) is 0 Å². The van der Waals surface area contributed by atoms with Gasteiger partial charge in [0.25, 0.3) is 0 Å². The average Bonchev–Trinajstić information content (AvgIpc) is 2.21. The third-order valence-corrected chi connectivity index (χ3v) is 2.66. The molecule has 2 heteroatoms. The van der Waals surface area contributed by atoms with Crippen molar-refractivity contribution in [3.8, 4) is 5.75 Å². The number of hydrogen-bond donors (Lipinski definition) is 2. The molecule has 0 radical (unpaired) electrons. The Labute approximate surface area is 92.3 Å². The van der Waals surface area contributed by atoms with Gasteiger partial charge < -0.3 is 10.4 Å². The predicted octanol–water partition coefficient (Wildman–Crippen LogP) is 2.71. The van der Waals surface area contributed by atoms with E-state index in [-0.39, 0.29) is 0 Å². The third-order valence-electron chi connectivity index (χ3n) is 2.66. The van der Waals surface area contributed by atoms with Gasteiger partial charge >= 0.3 is 0 Å². The molecular weight excluding hydrogens is 186 g/mol. The van der Waals surface area contributed by atoms with Gasteiger partial charge in [0.05, 0.1) is 0 Å². The first-order chi connectivity index (χ1) is 7.11. The van der Waals surface area contributed by atoms with Crippen LogP contribution in [-0.4, -0.2) is 17.2 Å². The molecule has 0 aliphatic carbocycles. The summed E-state index contributed by atoms with van der Waals surface area (Å²) < 4.78 is 0. The van der Waals surface area contributed by atoms with E-state index < -0.39 is 0 Å². The van der Waals surface area contributed by atoms with Crippen molar-refractivity contribution in [2.45, 2.75) is 45.7 Å². The topological polar surface area (TPSA) is 32.3 Å². The van der Waals surface area contributed by atoms with Crippen LogP contribution in [0.5, 0.6) is 5.75 Å². The van der Waals surface area contributed by atoms with E-state index in [1.807, 2.05) is 12.1 Å². The van der Waals surface area contributed by atoms with E-state index >= 15 is 0 Å². The van der Waals surface area contributed by atoms with Crippen LogP contribution >= 0.6 is 0 Å². The Bertz CT molecular complexity index is 281. The zero-order valence-electron chi connectivity index (χ0n) is 9.83. The van der Waals surface area contributed by atoms with Crippen LogP contribution in [0.4, 0.5) is 0 Å². The quantitative estimate of drug-likeness (QED) is 0.778. The smallest absolute Gasteiger partial charge is 0.115 e. The molecule has 1 rings (SSSR count). The lowest BCUT2D eigenvalue weighted by molar-refractivity contribution is 0.454. The second-order valence-corrected chi connectivity index (χ2v) is 4.25. The molecule has 1 aromatic carbocycles. The summed E-state index contributed by atoms with van der Waals surface area (Å²) in [6.07, 6.45) is 2.16. The summed E-state index contributed by atoms with van der Waals surface area (Å²) in [6.45, 7) is 6.58. The molecule has 0 amide bonds. The Hall–Kier alpha value is -1.02. The minimum Gasteiger partial charge on any atom is -0.508 e. The van der Waals surface area contributed by atoms with E-state index in [0.717, 1.165) is 12.8 Å². The Kier molecular flexibility index (Phi) is 4.63. The van der Waals surface area contributed by atoms with Crippen molar-refractivity contribution >= 4 is 0 Å². The highest BCUT2D eigenvalue weighted by molar-refractivity contribution is 5.26. The molecule has 0 aliphatic rings. The largest absolute Gasteiger partial charge is 0.508 e. The van der Waals surface area contributed by atoms with E-state index in [4.69, 9.17) is 5.11 Å². The molecular formula is C13H21NO. The molecule has 2 nitrogen and oxygen atoms in total. The predicted molar refractivity (Wildman–Crippen MR) is 64.2 cm³/mol. The number of aromatic hydroxyl groups is 1. The van der Waals surface area contributed by atoms with Crippen molar-refractivity contribution < 1.29 is 5.11 Å². The summed E-state index contributed by atoms with van der Waals surface area (Å²) in [7, 11) is 0. The van der Waals surface area contributed by atoms with Crippen molar-refractivity contribution in [2.24, 2.45) is 0 Å². The van der Waals surface area contributed by atoms with E-state index in [0.29, 0.717) is 17.8 Å². The lowest BCUT2D eigenvalue weighted by atomic mass is 10.1. The first-order valence-electron chi connectivity index (χ1n) is 5.65. The maximum atomic E-state index is 9.16. The Morgan fingerprint density at radius 1 is 1.13 bits per heavy atom. The van der Waals surface area contributed by atoms with Crippen molar-refractivity contribution in [1.29, 1.82) is 0 Å². The van der Waals surface area contributed by atoms with Gasteiger partial charge in [-0.25, -0.2) is 0 Å². The summed E-state index contributed by atoms with van der Waals surface area (Å²) in [5.74, 6) is 0.335. The van der Waals surface area contributed by atoms with Gasteiger partial charge in [-0.15, -0.1) is 0 Å². The zero-order valence-corrected chi connectivity index (χ0v) is 9.83. The number of hydrogen-bond acceptors (Lipinski definition) is 2. The molecule has 2 unspecified atom stereocenters. The normalized spacial score (nSPS) is 14.9. The van der Waals surface area contributed by atoms with Crippen LogP contribution in [0.25, 0.3) is 0 Å². The third kappa shape index (κ3) is 4.34. The SMILES string of the molecule is CCC(C)NC(C)Cc1ccc(O)cc1. The number of benzene rings is 1. The van der Waals surface area contributed by atoms with Gasteiger partial charge in [0, 0.05) is 12.1 Å². The van der Waals surface area contributed by atoms with Crippen LogP contribution in [-0.2, 0) is 6.42 Å². The average molecular weight is 207 g/mol. The molecule has 15 heavy (non-hydrogen) atoms. The molecule has 0 saturated carbocycles. The molecule has 0 heterocycles. The van der Waals surface area contributed by atoms with E-state index in [9.17, 15) is 0 Å². The van der Waals surface area contributed by atoms with Crippen molar-refractivity contribution in [3.63, 3.8) is 0 Å². The number of rotatable bonds is 5. The molecule has 0 bridgehead atoms. The molecule has 84 valence electrons. The maximum Gasteiger partial charge on any atom is 0.115 e. The van der Waals surface area contributed by atoms with Crippen LogP contribution in [0.1, 0.15) is 32.8 Å². The van der Waals surface area contributed by atoms with Crippen molar-refractivity contribution in [3.05, 3.63) is 29.8 Å². The van der Waals surface area contributed by atoms with Crippen LogP contribution in [0.2, 0.25) is 0 Å². The lowest BCUT2D eigenvalue weighted by Gasteiger charge is -2.18. The molecule has 0 aromatic heterocycles. The molecule has 0 fully saturated rings. The van der Waals surface area contributed by atoms with Gasteiger partial charge in [-0.1, -0.05) is 19.1 Å². The van der Waals surface area contributed by atoms with Gasteiger partial charge in [-0.3, -0.25) is 0 Å². The molecule has 1 aromatic rings. The van der Waals surface area contributed by atoms with Crippen LogP contribution < -0.4 is 5.32 Å². The summed E-state index contributed by atoms with van der Waals surface area (Å²) in [4.78, 5) is 0. The van der Waals surface area contributed by atoms with Crippen LogP contribution in [0.3, 0.4) is 0 Å². The molecule has 0 saturated heterocycles. The Morgan fingerprint density at radius 3 is 2.27 bits per heavy atom. The first-order valence-corrected chi connectivity index (χ1v) is 5.65. The highest BCUT2D eigenvalue weighted by Gasteiger charge is 2.06. The molecule has 0 aliphatic heterocycles. The van der Waals surface area contributed by atoms with Gasteiger partial charge in [-0.05, 0) is 44.4 Å². The summed E-state index contributed by atoms with van der Waals surface area (Å²) in [5.41, 5.74) is 1.26. The van der Waals surface area contributed by atoms with E-state index in [2.05, 4.69) is 26.1 Å². The minimum absolute atomic E-state index is 0.335. The molecule has 2 N–H and O–H groups in total. The first kappa shape index (κ1) is 12.1. The number of nitrogens with one attached hydrogen (secondary N) is 1. The molecule has 2 atom stereocenters. The fourth-order valence-electron chi connectivity index (χ4n) is 1.65. The number of phenolic OH excluding ortho intramolecular Hbond substituents is 1. The van der Waals surface area contributed by atoms with E-state index in [1.54, 1.807) is 12.1 Å². The van der Waals surface area contributed by atoms with Crippen LogP contribution in [0, 0.1) is 0 Å². The van der Waals surface area contributed by atoms with Gasteiger partial charge in [0.1, 0.15) is 5.75 Å². The standard InChI is InChI=1S/C13H21NO/c1-4-10(2)14-11(3)9-12-5-7-13(15)8-6-12/h5-8,10-11,14-15H,4,9H2,1-3H3. The second-order valence-electron chi connectivity index (χ2n) is 4.25. The van der Waals surface area contributed by atoms with Crippen LogP contribution in [0.15, 0.2) is 24.3 Å². The Morgan fingerprint density at radius 2 is 1.73 bits per heavy atom. The summed E-state index contributed by atoms with van der Waals surface area (Å²) >= 11 is 0. The van der Waals surface area contributed by atoms with Gasteiger partial charge in [0.15, 0.2) is 0 Å². The van der Waals surface area contributed by atoms with Crippen molar-refractivity contribution in [1.82, 2.24) is 5.32 Å². The fourth-order valence-corrected chi connectivity index (χ4v) is 1.65. The van der Waals surface area contributed by atoms with Gasteiger partial charge in [-0.2, -0.15) is 0 Å². The second kappa shape index (κ2) is 5.76. The zero-order chi connectivity index (χ0) is 11.3. The minimum atomic E-state index is 0.335. The summed E-state index contributed by atoms with van der Waals surface area (Å²) in [5, 5.41) is 12.7. The van der Waals surface area contributed by atoms with E-state index in [1.165, 1.54) is 5.56 Å². The highest BCUT2D eigenvalue weighted by atomic mass is 16.3. The summed E-state index contributed by atoms with van der Waals surface area (Å²) in [6, 6.07) is 8.48. The lowest BCUT2D eigenvalue weighted by Crippen LogP contribution is -2.35. The Balaban J connectivity index is 2.44. The fraction of sp³-hybridized carbons (Fsp3) is 0.538. The highest BCUT2D eigenvalue weighted by Crippen LogP contribution is 2.11. The van der Waals surface area contributed by atoms with Gasteiger partial charge in [0.2, 0.25) is 0 Å². The molecule has 0 spiro atoms.